The molecule has 30 heavy (non-hydrogen) atoms. The minimum atomic E-state index is -0.122. The highest BCUT2D eigenvalue weighted by Crippen LogP contribution is 2.38. The van der Waals surface area contributed by atoms with Gasteiger partial charge in [0.05, 0.1) is 17.4 Å². The van der Waals surface area contributed by atoms with Crippen molar-refractivity contribution in [3.05, 3.63) is 83.1 Å². The first-order valence-corrected chi connectivity index (χ1v) is 10.7. The molecule has 0 saturated heterocycles. The normalized spacial score (nSPS) is 15.6. The summed E-state index contributed by atoms with van der Waals surface area (Å²) in [7, 11) is 0. The number of nitrogens with zero attached hydrogens (tertiary/aromatic N) is 6. The fraction of sp³-hybridized carbons (Fsp3) is 0.227. The number of anilines is 1. The minimum absolute atomic E-state index is 0.0592. The number of aromatic nitrogens is 5. The lowest BCUT2D eigenvalue weighted by atomic mass is 9.90. The molecular formula is C22H20N6OS. The number of rotatable bonds is 4. The Morgan fingerprint density at radius 2 is 2.17 bits per heavy atom. The zero-order valence-corrected chi connectivity index (χ0v) is 17.3. The minimum Gasteiger partial charge on any atom is -0.275 e. The number of fused-ring (bicyclic) bond motifs is 1. The second-order valence-electron chi connectivity index (χ2n) is 7.28. The Labute approximate surface area is 178 Å². The first-order valence-electron chi connectivity index (χ1n) is 9.85. The molecule has 3 heterocycles. The highest BCUT2D eigenvalue weighted by molar-refractivity contribution is 7.13. The van der Waals surface area contributed by atoms with Crippen molar-refractivity contribution >= 4 is 22.4 Å². The van der Waals surface area contributed by atoms with E-state index in [4.69, 9.17) is 0 Å². The summed E-state index contributed by atoms with van der Waals surface area (Å²) in [6.45, 7) is 1.95. The molecule has 0 N–H and O–H groups in total. The van der Waals surface area contributed by atoms with Crippen LogP contribution in [0.25, 0.3) is 5.69 Å². The summed E-state index contributed by atoms with van der Waals surface area (Å²) in [5.74, 6) is -0.0592. The van der Waals surface area contributed by atoms with Crippen molar-refractivity contribution in [2.24, 2.45) is 0 Å². The molecule has 0 unspecified atom stereocenters. The van der Waals surface area contributed by atoms with Crippen molar-refractivity contribution in [2.45, 2.75) is 32.2 Å². The lowest BCUT2D eigenvalue weighted by Gasteiger charge is -2.33. The number of hydrogen-bond acceptors (Lipinski definition) is 6. The maximum Gasteiger partial charge on any atom is 0.260 e. The van der Waals surface area contributed by atoms with Gasteiger partial charge in [-0.2, -0.15) is 5.10 Å². The summed E-state index contributed by atoms with van der Waals surface area (Å²) in [6, 6.07) is 9.65. The summed E-state index contributed by atoms with van der Waals surface area (Å²) in [4.78, 5) is 28.7. The van der Waals surface area contributed by atoms with Crippen LogP contribution in [0.5, 0.6) is 0 Å². The van der Waals surface area contributed by atoms with Crippen molar-refractivity contribution in [3.63, 3.8) is 0 Å². The van der Waals surface area contributed by atoms with Gasteiger partial charge < -0.3 is 0 Å². The van der Waals surface area contributed by atoms with Crippen molar-refractivity contribution < 1.29 is 4.79 Å². The third-order valence-corrected chi connectivity index (χ3v) is 6.22. The molecular weight excluding hydrogens is 396 g/mol. The van der Waals surface area contributed by atoms with E-state index in [0.29, 0.717) is 10.7 Å². The van der Waals surface area contributed by atoms with Crippen LogP contribution in [0.1, 0.15) is 46.1 Å². The largest absolute Gasteiger partial charge is 0.275 e. The summed E-state index contributed by atoms with van der Waals surface area (Å²) in [6.07, 6.45) is 9.55. The first-order chi connectivity index (χ1) is 14.7. The predicted octanol–water partition coefficient (Wildman–Crippen LogP) is 4.15. The number of amides is 1. The average molecular weight is 417 g/mol. The zero-order valence-electron chi connectivity index (χ0n) is 16.5. The second-order valence-corrected chi connectivity index (χ2v) is 8.16. The van der Waals surface area contributed by atoms with Gasteiger partial charge in [-0.3, -0.25) is 14.7 Å². The molecule has 0 radical (unpaired) electrons. The Balaban J connectivity index is 1.56. The maximum absolute atomic E-state index is 13.8. The molecule has 1 amide bonds. The van der Waals surface area contributed by atoms with Gasteiger partial charge in [-0.1, -0.05) is 6.07 Å². The van der Waals surface area contributed by atoms with Gasteiger partial charge in [0, 0.05) is 23.3 Å². The van der Waals surface area contributed by atoms with E-state index in [1.807, 2.05) is 41.5 Å². The number of thiazole rings is 1. The van der Waals surface area contributed by atoms with Crippen molar-refractivity contribution in [1.29, 1.82) is 0 Å². The molecule has 0 aliphatic heterocycles. The predicted molar refractivity (Wildman–Crippen MR) is 115 cm³/mol. The molecule has 0 bridgehead atoms. The standard InChI is InChI=1S/C22H20N6OS/c1-15-12-17(27-14-23-13-26-27)7-8-18(15)21(29)28(22-25-10-11-30-22)19-6-2-4-16-5-3-9-24-20(16)19/h3,5,7-14,19H,2,4,6H2,1H3/t19-/m0/s1. The molecule has 3 aromatic heterocycles. The molecule has 1 aliphatic carbocycles. The third-order valence-electron chi connectivity index (χ3n) is 5.44. The van der Waals surface area contributed by atoms with Crippen LogP contribution in [0.2, 0.25) is 0 Å². The molecule has 0 spiro atoms. The van der Waals surface area contributed by atoms with Gasteiger partial charge in [0.15, 0.2) is 5.13 Å². The smallest absolute Gasteiger partial charge is 0.260 e. The highest BCUT2D eigenvalue weighted by Gasteiger charge is 2.34. The number of carbonyl (C=O) groups excluding carboxylic acids is 1. The molecule has 0 saturated carbocycles. The van der Waals surface area contributed by atoms with E-state index >= 15 is 0 Å². The molecule has 150 valence electrons. The Morgan fingerprint density at radius 1 is 1.23 bits per heavy atom. The lowest BCUT2D eigenvalue weighted by molar-refractivity contribution is 0.0972. The van der Waals surface area contributed by atoms with E-state index in [9.17, 15) is 4.79 Å². The Bertz CT molecular complexity index is 1170. The number of aryl methyl sites for hydroxylation is 2. The van der Waals surface area contributed by atoms with E-state index < -0.39 is 0 Å². The summed E-state index contributed by atoms with van der Waals surface area (Å²) >= 11 is 1.47. The number of hydrogen-bond donors (Lipinski definition) is 0. The van der Waals surface area contributed by atoms with E-state index in [-0.39, 0.29) is 11.9 Å². The van der Waals surface area contributed by atoms with Gasteiger partial charge in [0.25, 0.3) is 5.91 Å². The summed E-state index contributed by atoms with van der Waals surface area (Å²) in [5, 5.41) is 6.77. The van der Waals surface area contributed by atoms with Gasteiger partial charge in [-0.15, -0.1) is 11.3 Å². The van der Waals surface area contributed by atoms with Crippen molar-refractivity contribution in [2.75, 3.05) is 4.90 Å². The second kappa shape index (κ2) is 7.79. The molecule has 7 nitrogen and oxygen atoms in total. The van der Waals surface area contributed by atoms with Gasteiger partial charge in [0.1, 0.15) is 12.7 Å². The third kappa shape index (κ3) is 3.29. The Kier molecular flexibility index (Phi) is 4.84. The lowest BCUT2D eigenvalue weighted by Crippen LogP contribution is -2.37. The molecule has 5 rings (SSSR count). The fourth-order valence-electron chi connectivity index (χ4n) is 4.03. The van der Waals surface area contributed by atoms with E-state index in [0.717, 1.165) is 36.2 Å². The zero-order chi connectivity index (χ0) is 20.5. The number of benzene rings is 1. The van der Waals surface area contributed by atoms with Crippen LogP contribution >= 0.6 is 11.3 Å². The Hall–Kier alpha value is -3.39. The van der Waals surface area contributed by atoms with Gasteiger partial charge in [-0.25, -0.2) is 14.6 Å². The van der Waals surface area contributed by atoms with Crippen LogP contribution in [-0.4, -0.2) is 30.6 Å². The maximum atomic E-state index is 13.8. The molecule has 0 fully saturated rings. The Morgan fingerprint density at radius 3 is 2.93 bits per heavy atom. The fourth-order valence-corrected chi connectivity index (χ4v) is 4.72. The van der Waals surface area contributed by atoms with E-state index in [2.05, 4.69) is 26.1 Å². The SMILES string of the molecule is Cc1cc(-n2cncn2)ccc1C(=O)N(c1nccs1)[C@H]1CCCc2cccnc21. The van der Waals surface area contributed by atoms with Gasteiger partial charge in [0.2, 0.25) is 0 Å². The van der Waals surface area contributed by atoms with Gasteiger partial charge in [-0.05, 0) is 61.6 Å². The molecule has 4 aromatic rings. The van der Waals surface area contributed by atoms with Crippen molar-refractivity contribution in [1.82, 2.24) is 24.7 Å². The topological polar surface area (TPSA) is 76.8 Å². The van der Waals surface area contributed by atoms with Crippen LogP contribution in [0.3, 0.4) is 0 Å². The molecule has 1 atom stereocenters. The highest BCUT2D eigenvalue weighted by atomic mass is 32.1. The molecule has 1 aromatic carbocycles. The summed E-state index contributed by atoms with van der Waals surface area (Å²) < 4.78 is 1.68. The van der Waals surface area contributed by atoms with Gasteiger partial charge >= 0.3 is 0 Å². The van der Waals surface area contributed by atoms with Crippen molar-refractivity contribution in [3.8, 4) is 5.69 Å². The van der Waals surface area contributed by atoms with Crippen LogP contribution in [-0.2, 0) is 6.42 Å². The van der Waals surface area contributed by atoms with Crippen LogP contribution in [0.15, 0.2) is 60.8 Å². The van der Waals surface area contributed by atoms with Crippen LogP contribution < -0.4 is 4.90 Å². The first kappa shape index (κ1) is 18.6. The van der Waals surface area contributed by atoms with E-state index in [1.54, 1.807) is 23.4 Å². The van der Waals surface area contributed by atoms with Crippen LogP contribution in [0.4, 0.5) is 5.13 Å². The van der Waals surface area contributed by atoms with Crippen LogP contribution in [0, 0.1) is 6.92 Å². The summed E-state index contributed by atoms with van der Waals surface area (Å²) in [5.41, 5.74) is 4.58. The molecule has 8 heteroatoms. The average Bonchev–Trinajstić information content (AvgIpc) is 3.49. The monoisotopic (exact) mass is 416 g/mol. The quantitative estimate of drug-likeness (QED) is 0.499. The van der Waals surface area contributed by atoms with E-state index in [1.165, 1.54) is 23.2 Å². The molecule has 1 aliphatic rings. The number of carbonyl (C=O) groups is 1. The number of pyridine rings is 1.